The van der Waals surface area contributed by atoms with Gasteiger partial charge in [0.25, 0.3) is 0 Å². The van der Waals surface area contributed by atoms with Gasteiger partial charge in [-0.25, -0.2) is 13.1 Å². The summed E-state index contributed by atoms with van der Waals surface area (Å²) in [5.74, 6) is -0.952. The van der Waals surface area contributed by atoms with E-state index in [-0.39, 0.29) is 5.76 Å². The summed E-state index contributed by atoms with van der Waals surface area (Å²) < 4.78 is 27.0. The Labute approximate surface area is 137 Å². The number of nitrogens with two attached hydrogens (primary N) is 1. The normalized spacial score (nSPS) is 18.7. The molecule has 23 heavy (non-hydrogen) atoms. The fraction of sp³-hybridized carbons (Fsp3) is 0.786. The first-order valence-corrected chi connectivity index (χ1v) is 9.33. The van der Waals surface area contributed by atoms with E-state index in [1.807, 2.05) is 4.90 Å². The van der Waals surface area contributed by atoms with Gasteiger partial charge in [-0.1, -0.05) is 13.0 Å². The summed E-state index contributed by atoms with van der Waals surface area (Å²) in [5, 5.41) is 17.4. The predicted octanol–water partition coefficient (Wildman–Crippen LogP) is 0.0241. The molecule has 5 N–H and O–H groups in total. The summed E-state index contributed by atoms with van der Waals surface area (Å²) in [6.45, 7) is 5.33. The van der Waals surface area contributed by atoms with Gasteiger partial charge in [-0.3, -0.25) is 9.69 Å². The van der Waals surface area contributed by atoms with Gasteiger partial charge in [0, 0.05) is 6.54 Å². The number of carbonyl (C=O) groups is 1. The van der Waals surface area contributed by atoms with Crippen LogP contribution in [0.3, 0.4) is 0 Å². The number of nitrogens with zero attached hydrogens (tertiary/aromatic N) is 1. The number of aliphatic hydroxyl groups excluding tert-OH is 1. The molecule has 0 spiro atoms. The highest BCUT2D eigenvalue weighted by molar-refractivity contribution is 7.90. The Morgan fingerprint density at radius 1 is 1.30 bits per heavy atom. The van der Waals surface area contributed by atoms with Crippen LogP contribution < -0.4 is 10.5 Å². The molecule has 1 atom stereocenters. The highest BCUT2D eigenvalue weighted by Gasteiger charge is 2.29. The molecule has 1 aliphatic heterocycles. The number of hydrogen-bond acceptors (Lipinski definition) is 6. The minimum absolute atomic E-state index is 0.0870. The Hall–Kier alpha value is -1.16. The van der Waals surface area contributed by atoms with Crippen LogP contribution in [0.15, 0.2) is 12.3 Å². The number of piperidine rings is 1. The zero-order valence-corrected chi connectivity index (χ0v) is 14.1. The van der Waals surface area contributed by atoms with Crippen molar-refractivity contribution in [1.29, 1.82) is 0 Å². The smallest absolute Gasteiger partial charge is 0.320 e. The maximum absolute atomic E-state index is 12.2. The van der Waals surface area contributed by atoms with Gasteiger partial charge in [0.1, 0.15) is 6.04 Å². The summed E-state index contributed by atoms with van der Waals surface area (Å²) in [7, 11) is -3.36. The predicted molar refractivity (Wildman–Crippen MR) is 87.6 cm³/mol. The summed E-state index contributed by atoms with van der Waals surface area (Å²) in [6, 6.07) is -0.891. The van der Waals surface area contributed by atoms with Crippen molar-refractivity contribution in [1.82, 2.24) is 9.62 Å². The molecule has 1 rings (SSSR count). The zero-order valence-electron chi connectivity index (χ0n) is 13.3. The standard InChI is InChI=1S/C14H27N3O5S/c1-11(18)10-17-8-5-12(6-9-17)23(21,22)16-7-3-2-4-13(15)14(19)20/h12-13,16,18H,1-10,15H2,(H,19,20)/t13-/m1/s1. The highest BCUT2D eigenvalue weighted by atomic mass is 32.2. The summed E-state index contributed by atoms with van der Waals surface area (Å²) in [5.41, 5.74) is 5.38. The molecule has 0 amide bonds. The second-order valence-electron chi connectivity index (χ2n) is 5.92. The number of nitrogens with one attached hydrogen (secondary N) is 1. The summed E-state index contributed by atoms with van der Waals surface area (Å²) >= 11 is 0. The van der Waals surface area contributed by atoms with Crippen molar-refractivity contribution < 1.29 is 23.4 Å². The van der Waals surface area contributed by atoms with Crippen molar-refractivity contribution in [3.8, 4) is 0 Å². The Kier molecular flexibility index (Phi) is 7.97. The molecule has 0 unspecified atom stereocenters. The second-order valence-corrected chi connectivity index (χ2v) is 7.97. The first-order valence-electron chi connectivity index (χ1n) is 7.78. The number of likely N-dealkylation sites (tertiary alicyclic amines) is 1. The molecule has 0 bridgehead atoms. The molecule has 0 aromatic rings. The third-order valence-corrected chi connectivity index (χ3v) is 5.90. The van der Waals surface area contributed by atoms with Gasteiger partial charge in [0.05, 0.1) is 17.6 Å². The number of rotatable bonds is 10. The van der Waals surface area contributed by atoms with Crippen LogP contribution in [-0.4, -0.2) is 67.0 Å². The van der Waals surface area contributed by atoms with Crippen molar-refractivity contribution in [2.45, 2.75) is 43.4 Å². The lowest BCUT2D eigenvalue weighted by molar-refractivity contribution is -0.138. The SMILES string of the molecule is C=C(O)CN1CCC(S(=O)(=O)NCCCC[C@@H](N)C(=O)O)CC1. The summed E-state index contributed by atoms with van der Waals surface area (Å²) in [4.78, 5) is 12.5. The van der Waals surface area contributed by atoms with E-state index in [4.69, 9.17) is 15.9 Å². The molecule has 1 aliphatic rings. The molecule has 0 radical (unpaired) electrons. The van der Waals surface area contributed by atoms with Crippen molar-refractivity contribution in [2.24, 2.45) is 5.73 Å². The molecule has 0 aromatic heterocycles. The molecule has 0 saturated carbocycles. The Morgan fingerprint density at radius 3 is 2.43 bits per heavy atom. The molecule has 1 fully saturated rings. The lowest BCUT2D eigenvalue weighted by atomic mass is 10.1. The van der Waals surface area contributed by atoms with E-state index in [0.717, 1.165) is 0 Å². The molecule has 1 heterocycles. The molecule has 8 nitrogen and oxygen atoms in total. The zero-order chi connectivity index (χ0) is 17.5. The van der Waals surface area contributed by atoms with E-state index < -0.39 is 27.3 Å². The van der Waals surface area contributed by atoms with Crippen LogP contribution in [0.5, 0.6) is 0 Å². The van der Waals surface area contributed by atoms with E-state index in [0.29, 0.717) is 58.3 Å². The number of unbranched alkanes of at least 4 members (excludes halogenated alkanes) is 1. The lowest BCUT2D eigenvalue weighted by Crippen LogP contribution is -2.44. The van der Waals surface area contributed by atoms with Crippen LogP contribution >= 0.6 is 0 Å². The third kappa shape index (κ3) is 7.30. The van der Waals surface area contributed by atoms with E-state index in [1.165, 1.54) is 0 Å². The number of hydrogen-bond donors (Lipinski definition) is 4. The van der Waals surface area contributed by atoms with E-state index in [1.54, 1.807) is 0 Å². The monoisotopic (exact) mass is 349 g/mol. The van der Waals surface area contributed by atoms with Crippen LogP contribution in [-0.2, 0) is 14.8 Å². The minimum atomic E-state index is -3.36. The van der Waals surface area contributed by atoms with Crippen molar-refractivity contribution >= 4 is 16.0 Å². The number of aliphatic carboxylic acids is 1. The number of carboxylic acid groups (broad SMARTS) is 1. The topological polar surface area (TPSA) is 133 Å². The minimum Gasteiger partial charge on any atom is -0.512 e. The lowest BCUT2D eigenvalue weighted by Gasteiger charge is -2.31. The average Bonchev–Trinajstić information content (AvgIpc) is 2.46. The van der Waals surface area contributed by atoms with Crippen LogP contribution in [0.1, 0.15) is 32.1 Å². The average molecular weight is 349 g/mol. The molecule has 9 heteroatoms. The van der Waals surface area contributed by atoms with E-state index in [2.05, 4.69) is 11.3 Å². The van der Waals surface area contributed by atoms with Crippen LogP contribution in [0.2, 0.25) is 0 Å². The van der Waals surface area contributed by atoms with Gasteiger partial charge in [0.15, 0.2) is 0 Å². The van der Waals surface area contributed by atoms with Gasteiger partial charge in [-0.15, -0.1) is 0 Å². The van der Waals surface area contributed by atoms with Gasteiger partial charge in [-0.05, 0) is 38.8 Å². The highest BCUT2D eigenvalue weighted by Crippen LogP contribution is 2.17. The first kappa shape index (κ1) is 19.9. The quantitative estimate of drug-likeness (QED) is 0.323. The van der Waals surface area contributed by atoms with E-state index >= 15 is 0 Å². The van der Waals surface area contributed by atoms with Gasteiger partial charge >= 0.3 is 5.97 Å². The van der Waals surface area contributed by atoms with Gasteiger partial charge < -0.3 is 15.9 Å². The van der Waals surface area contributed by atoms with Crippen LogP contribution in [0.4, 0.5) is 0 Å². The largest absolute Gasteiger partial charge is 0.512 e. The van der Waals surface area contributed by atoms with Crippen LogP contribution in [0, 0.1) is 0 Å². The maximum atomic E-state index is 12.2. The van der Waals surface area contributed by atoms with Crippen LogP contribution in [0.25, 0.3) is 0 Å². The van der Waals surface area contributed by atoms with Crippen molar-refractivity contribution in [3.63, 3.8) is 0 Å². The molecule has 0 aromatic carbocycles. The Morgan fingerprint density at radius 2 is 1.91 bits per heavy atom. The first-order chi connectivity index (χ1) is 10.7. The number of carboxylic acids is 1. The van der Waals surface area contributed by atoms with Gasteiger partial charge in [-0.2, -0.15) is 0 Å². The molecule has 0 aliphatic carbocycles. The second kappa shape index (κ2) is 9.21. The van der Waals surface area contributed by atoms with Crippen molar-refractivity contribution in [3.05, 3.63) is 12.3 Å². The Bertz CT molecular complexity index is 501. The van der Waals surface area contributed by atoms with E-state index in [9.17, 15) is 13.2 Å². The molecule has 1 saturated heterocycles. The Balaban J connectivity index is 2.26. The van der Waals surface area contributed by atoms with Gasteiger partial charge in [0.2, 0.25) is 10.0 Å². The summed E-state index contributed by atoms with van der Waals surface area (Å²) in [6.07, 6.45) is 2.50. The molecule has 134 valence electrons. The molecular formula is C14H27N3O5S. The fourth-order valence-electron chi connectivity index (χ4n) is 2.58. The third-order valence-electron chi connectivity index (χ3n) is 3.94. The molecular weight excluding hydrogens is 322 g/mol. The number of sulfonamides is 1. The maximum Gasteiger partial charge on any atom is 0.320 e. The number of aliphatic hydroxyl groups is 1. The van der Waals surface area contributed by atoms with Crippen molar-refractivity contribution in [2.75, 3.05) is 26.2 Å². The fourth-order valence-corrected chi connectivity index (χ4v) is 4.08.